The van der Waals surface area contributed by atoms with E-state index < -0.39 is 0 Å². The SMILES string of the molecule is CCCCCCCCN[C@@H]1CNC[C@H]1O. The summed E-state index contributed by atoms with van der Waals surface area (Å²) in [5.74, 6) is 0. The Kier molecular flexibility index (Phi) is 6.98. The lowest BCUT2D eigenvalue weighted by Crippen LogP contribution is -2.39. The van der Waals surface area contributed by atoms with Crippen molar-refractivity contribution in [3.05, 3.63) is 0 Å². The molecule has 0 aliphatic carbocycles. The summed E-state index contributed by atoms with van der Waals surface area (Å²) in [6.45, 7) is 4.96. The van der Waals surface area contributed by atoms with Gasteiger partial charge in [-0.3, -0.25) is 0 Å². The van der Waals surface area contributed by atoms with Crippen molar-refractivity contribution in [3.63, 3.8) is 0 Å². The molecule has 0 aromatic heterocycles. The number of aliphatic hydroxyl groups is 1. The largest absolute Gasteiger partial charge is 0.390 e. The van der Waals surface area contributed by atoms with Crippen molar-refractivity contribution in [1.82, 2.24) is 10.6 Å². The van der Waals surface area contributed by atoms with Gasteiger partial charge in [0.2, 0.25) is 0 Å². The summed E-state index contributed by atoms with van der Waals surface area (Å²) >= 11 is 0. The topological polar surface area (TPSA) is 44.3 Å². The minimum absolute atomic E-state index is 0.190. The fourth-order valence-electron chi connectivity index (χ4n) is 2.07. The van der Waals surface area contributed by atoms with Gasteiger partial charge in [-0.2, -0.15) is 0 Å². The highest BCUT2D eigenvalue weighted by atomic mass is 16.3. The summed E-state index contributed by atoms with van der Waals surface area (Å²) in [5, 5.41) is 16.1. The van der Waals surface area contributed by atoms with Crippen LogP contribution < -0.4 is 10.6 Å². The van der Waals surface area contributed by atoms with Crippen LogP contribution in [0.3, 0.4) is 0 Å². The quantitative estimate of drug-likeness (QED) is 0.533. The third-order valence-corrected chi connectivity index (χ3v) is 3.12. The molecule has 15 heavy (non-hydrogen) atoms. The van der Waals surface area contributed by atoms with Crippen LogP contribution in [-0.2, 0) is 0 Å². The molecule has 1 aliphatic heterocycles. The Morgan fingerprint density at radius 2 is 1.87 bits per heavy atom. The Hall–Kier alpha value is -0.120. The van der Waals surface area contributed by atoms with E-state index in [1.165, 1.54) is 38.5 Å². The Morgan fingerprint density at radius 1 is 1.13 bits per heavy atom. The van der Waals surface area contributed by atoms with Crippen LogP contribution in [-0.4, -0.2) is 36.9 Å². The van der Waals surface area contributed by atoms with Gasteiger partial charge < -0.3 is 15.7 Å². The summed E-state index contributed by atoms with van der Waals surface area (Å²) in [4.78, 5) is 0. The first-order valence-electron chi connectivity index (χ1n) is 6.46. The number of hydrogen-bond acceptors (Lipinski definition) is 3. The highest BCUT2D eigenvalue weighted by molar-refractivity contribution is 4.85. The Bertz CT molecular complexity index is 153. The number of nitrogens with one attached hydrogen (secondary N) is 2. The van der Waals surface area contributed by atoms with E-state index in [1.54, 1.807) is 0 Å². The Labute approximate surface area is 93.6 Å². The third kappa shape index (κ3) is 5.50. The zero-order valence-corrected chi connectivity index (χ0v) is 9.97. The molecule has 2 atom stereocenters. The summed E-state index contributed by atoms with van der Waals surface area (Å²) in [6.07, 6.45) is 7.81. The predicted molar refractivity (Wildman–Crippen MR) is 64.0 cm³/mol. The summed E-state index contributed by atoms with van der Waals surface area (Å²) < 4.78 is 0. The maximum Gasteiger partial charge on any atom is 0.0829 e. The maximum absolute atomic E-state index is 9.54. The molecule has 3 nitrogen and oxygen atoms in total. The van der Waals surface area contributed by atoms with Crippen molar-refractivity contribution in [2.45, 2.75) is 57.6 Å². The van der Waals surface area contributed by atoms with Crippen LogP contribution in [0.4, 0.5) is 0 Å². The minimum Gasteiger partial charge on any atom is -0.390 e. The normalized spacial score (nSPS) is 26.0. The average Bonchev–Trinajstić information content (AvgIpc) is 2.63. The molecule has 0 saturated carbocycles. The molecule has 0 aromatic carbocycles. The second kappa shape index (κ2) is 8.08. The highest BCUT2D eigenvalue weighted by Crippen LogP contribution is 2.05. The lowest BCUT2D eigenvalue weighted by molar-refractivity contribution is 0.163. The summed E-state index contributed by atoms with van der Waals surface area (Å²) in [7, 11) is 0. The lowest BCUT2D eigenvalue weighted by Gasteiger charge is -2.14. The monoisotopic (exact) mass is 214 g/mol. The van der Waals surface area contributed by atoms with Gasteiger partial charge in [0.05, 0.1) is 6.10 Å². The maximum atomic E-state index is 9.54. The van der Waals surface area contributed by atoms with E-state index >= 15 is 0 Å². The second-order valence-corrected chi connectivity index (χ2v) is 4.55. The predicted octanol–water partition coefficient (Wildman–Crippen LogP) is 1.27. The molecule has 90 valence electrons. The van der Waals surface area contributed by atoms with Crippen molar-refractivity contribution in [1.29, 1.82) is 0 Å². The van der Waals surface area contributed by atoms with Crippen molar-refractivity contribution in [2.75, 3.05) is 19.6 Å². The smallest absolute Gasteiger partial charge is 0.0829 e. The number of aliphatic hydroxyl groups excluding tert-OH is 1. The first kappa shape index (κ1) is 12.9. The molecule has 0 aromatic rings. The van der Waals surface area contributed by atoms with Crippen LogP contribution in [0.15, 0.2) is 0 Å². The van der Waals surface area contributed by atoms with E-state index in [0.717, 1.165) is 19.6 Å². The van der Waals surface area contributed by atoms with E-state index in [2.05, 4.69) is 17.6 Å². The van der Waals surface area contributed by atoms with Crippen molar-refractivity contribution >= 4 is 0 Å². The van der Waals surface area contributed by atoms with Crippen LogP contribution in [0, 0.1) is 0 Å². The van der Waals surface area contributed by atoms with Gasteiger partial charge in [-0.05, 0) is 13.0 Å². The first-order valence-corrected chi connectivity index (χ1v) is 6.46. The van der Waals surface area contributed by atoms with Crippen LogP contribution in [0.5, 0.6) is 0 Å². The molecule has 0 radical (unpaired) electrons. The zero-order valence-electron chi connectivity index (χ0n) is 9.97. The molecule has 1 aliphatic rings. The van der Waals surface area contributed by atoms with Gasteiger partial charge in [-0.15, -0.1) is 0 Å². The molecule has 3 N–H and O–H groups in total. The third-order valence-electron chi connectivity index (χ3n) is 3.12. The molecule has 1 heterocycles. The zero-order chi connectivity index (χ0) is 10.9. The molecule has 0 amide bonds. The van der Waals surface area contributed by atoms with Gasteiger partial charge in [0.1, 0.15) is 0 Å². The minimum atomic E-state index is -0.190. The molecule has 1 rings (SSSR count). The van der Waals surface area contributed by atoms with Gasteiger partial charge in [-0.25, -0.2) is 0 Å². The average molecular weight is 214 g/mol. The van der Waals surface area contributed by atoms with Crippen molar-refractivity contribution < 1.29 is 5.11 Å². The summed E-state index contributed by atoms with van der Waals surface area (Å²) in [6, 6.07) is 0.278. The van der Waals surface area contributed by atoms with Crippen LogP contribution in [0.25, 0.3) is 0 Å². The molecule has 3 heteroatoms. The van der Waals surface area contributed by atoms with Gasteiger partial charge >= 0.3 is 0 Å². The molecular weight excluding hydrogens is 188 g/mol. The van der Waals surface area contributed by atoms with Crippen LogP contribution >= 0.6 is 0 Å². The summed E-state index contributed by atoms with van der Waals surface area (Å²) in [5.41, 5.74) is 0. The van der Waals surface area contributed by atoms with E-state index in [1.807, 2.05) is 0 Å². The van der Waals surface area contributed by atoms with E-state index in [9.17, 15) is 5.11 Å². The van der Waals surface area contributed by atoms with Crippen LogP contribution in [0.2, 0.25) is 0 Å². The molecule has 0 unspecified atom stereocenters. The Morgan fingerprint density at radius 3 is 2.53 bits per heavy atom. The van der Waals surface area contributed by atoms with Gasteiger partial charge in [0.15, 0.2) is 0 Å². The molecule has 0 spiro atoms. The van der Waals surface area contributed by atoms with Crippen molar-refractivity contribution in [2.24, 2.45) is 0 Å². The van der Waals surface area contributed by atoms with Gasteiger partial charge in [0.25, 0.3) is 0 Å². The van der Waals surface area contributed by atoms with E-state index in [-0.39, 0.29) is 12.1 Å². The number of hydrogen-bond donors (Lipinski definition) is 3. The standard InChI is InChI=1S/C12H26N2O/c1-2-3-4-5-6-7-8-14-11-9-13-10-12(11)15/h11-15H,2-10H2,1H3/t11-,12-/m1/s1. The lowest BCUT2D eigenvalue weighted by atomic mass is 10.1. The number of β-amino-alcohol motifs (C(OH)–C–C–N with tert-alkyl or cyclic N) is 1. The number of unbranched alkanes of at least 4 members (excludes halogenated alkanes) is 5. The second-order valence-electron chi connectivity index (χ2n) is 4.55. The Balaban J connectivity index is 1.84. The number of rotatable bonds is 8. The van der Waals surface area contributed by atoms with E-state index in [0.29, 0.717) is 0 Å². The first-order chi connectivity index (χ1) is 7.34. The highest BCUT2D eigenvalue weighted by Gasteiger charge is 2.23. The molecule has 0 bridgehead atoms. The van der Waals surface area contributed by atoms with Crippen LogP contribution in [0.1, 0.15) is 45.4 Å². The van der Waals surface area contributed by atoms with Gasteiger partial charge in [0, 0.05) is 19.1 Å². The fourth-order valence-corrected chi connectivity index (χ4v) is 2.07. The fraction of sp³-hybridized carbons (Fsp3) is 1.00. The van der Waals surface area contributed by atoms with Crippen molar-refractivity contribution in [3.8, 4) is 0 Å². The van der Waals surface area contributed by atoms with E-state index in [4.69, 9.17) is 0 Å². The molecule has 1 fully saturated rings. The molecule has 1 saturated heterocycles. The molecular formula is C12H26N2O. The van der Waals surface area contributed by atoms with Gasteiger partial charge in [-0.1, -0.05) is 39.0 Å².